The van der Waals surface area contributed by atoms with Gasteiger partial charge in [-0.05, 0) is 24.8 Å². The Morgan fingerprint density at radius 3 is 2.71 bits per heavy atom. The third-order valence-corrected chi connectivity index (χ3v) is 4.88. The topological polar surface area (TPSA) is 50.9 Å². The highest BCUT2D eigenvalue weighted by molar-refractivity contribution is 7.99. The Balaban J connectivity index is 2.03. The molecule has 0 spiro atoms. The second-order valence-electron chi connectivity index (χ2n) is 4.21. The van der Waals surface area contributed by atoms with Crippen molar-refractivity contribution in [3.63, 3.8) is 0 Å². The van der Waals surface area contributed by atoms with Crippen molar-refractivity contribution < 1.29 is 0 Å². The van der Waals surface area contributed by atoms with Crippen LogP contribution in [0.2, 0.25) is 10.0 Å². The largest absolute Gasteiger partial charge is 0.307 e. The number of aromatic nitrogens is 1. The average molecular weight is 292 g/mol. The van der Waals surface area contributed by atoms with Gasteiger partial charge in [-0.3, -0.25) is 0 Å². The average Bonchev–Trinajstić information content (AvgIpc) is 2.81. The highest BCUT2D eigenvalue weighted by Crippen LogP contribution is 2.35. The van der Waals surface area contributed by atoms with Gasteiger partial charge in [0.1, 0.15) is 5.03 Å². The molecule has 0 aliphatic heterocycles. The van der Waals surface area contributed by atoms with Crippen LogP contribution in [0.5, 0.6) is 0 Å². The predicted molar refractivity (Wildman–Crippen MR) is 74.7 cm³/mol. The van der Waals surface area contributed by atoms with Crippen molar-refractivity contribution in [1.82, 2.24) is 4.98 Å². The molecule has 17 heavy (non-hydrogen) atoms. The maximum Gasteiger partial charge on any atom is 0.160 e. The molecule has 1 aliphatic rings. The number of nitrogens with two attached hydrogens (primary N) is 1. The van der Waals surface area contributed by atoms with Crippen molar-refractivity contribution >= 4 is 40.8 Å². The van der Waals surface area contributed by atoms with Gasteiger partial charge in [-0.25, -0.2) is 10.8 Å². The summed E-state index contributed by atoms with van der Waals surface area (Å²) in [6.45, 7) is 0. The van der Waals surface area contributed by atoms with Gasteiger partial charge in [-0.2, -0.15) is 0 Å². The standard InChI is InChI=1S/C11H15Cl2N3S/c12-8-5-9(13)11(15-10(8)16-14)17-6-7-3-1-2-4-7/h5,7H,1-4,6,14H2,(H,15,16). The molecule has 0 amide bonds. The fourth-order valence-electron chi connectivity index (χ4n) is 2.03. The summed E-state index contributed by atoms with van der Waals surface area (Å²) in [6, 6.07) is 1.68. The van der Waals surface area contributed by atoms with E-state index in [0.717, 1.165) is 16.7 Å². The van der Waals surface area contributed by atoms with Crippen LogP contribution in [-0.4, -0.2) is 10.7 Å². The molecule has 1 fully saturated rings. The van der Waals surface area contributed by atoms with E-state index < -0.39 is 0 Å². The van der Waals surface area contributed by atoms with Crippen LogP contribution in [-0.2, 0) is 0 Å². The van der Waals surface area contributed by atoms with Crippen LogP contribution in [0.1, 0.15) is 25.7 Å². The van der Waals surface area contributed by atoms with Gasteiger partial charge in [0, 0.05) is 5.75 Å². The molecule has 1 heterocycles. The van der Waals surface area contributed by atoms with Gasteiger partial charge in [0.25, 0.3) is 0 Å². The zero-order valence-electron chi connectivity index (χ0n) is 9.38. The number of nitrogens with zero attached hydrogens (tertiary/aromatic N) is 1. The van der Waals surface area contributed by atoms with Crippen molar-refractivity contribution in [2.24, 2.45) is 11.8 Å². The third kappa shape index (κ3) is 3.41. The zero-order valence-corrected chi connectivity index (χ0v) is 11.7. The first-order valence-corrected chi connectivity index (χ1v) is 7.40. The van der Waals surface area contributed by atoms with E-state index in [4.69, 9.17) is 29.0 Å². The second kappa shape index (κ2) is 6.14. The van der Waals surface area contributed by atoms with Crippen LogP contribution in [0.3, 0.4) is 0 Å². The summed E-state index contributed by atoms with van der Waals surface area (Å²) in [6.07, 6.45) is 5.34. The summed E-state index contributed by atoms with van der Waals surface area (Å²) < 4.78 is 0. The quantitative estimate of drug-likeness (QED) is 0.501. The molecule has 1 aromatic heterocycles. The van der Waals surface area contributed by atoms with Crippen molar-refractivity contribution in [1.29, 1.82) is 0 Å². The van der Waals surface area contributed by atoms with Crippen molar-refractivity contribution in [3.8, 4) is 0 Å². The van der Waals surface area contributed by atoms with E-state index in [0.29, 0.717) is 15.9 Å². The van der Waals surface area contributed by atoms with E-state index >= 15 is 0 Å². The summed E-state index contributed by atoms with van der Waals surface area (Å²) in [5.74, 6) is 7.68. The smallest absolute Gasteiger partial charge is 0.160 e. The first-order valence-electron chi connectivity index (χ1n) is 5.66. The highest BCUT2D eigenvalue weighted by Gasteiger charge is 2.17. The van der Waals surface area contributed by atoms with Gasteiger partial charge in [0.2, 0.25) is 0 Å². The summed E-state index contributed by atoms with van der Waals surface area (Å²) in [4.78, 5) is 4.31. The molecule has 94 valence electrons. The van der Waals surface area contributed by atoms with Crippen molar-refractivity contribution in [3.05, 3.63) is 16.1 Å². The van der Waals surface area contributed by atoms with Crippen molar-refractivity contribution in [2.45, 2.75) is 30.7 Å². The van der Waals surface area contributed by atoms with Crippen LogP contribution in [0.25, 0.3) is 0 Å². The summed E-state index contributed by atoms with van der Waals surface area (Å²) in [5.41, 5.74) is 2.48. The predicted octanol–water partition coefficient (Wildman–Crippen LogP) is 3.96. The van der Waals surface area contributed by atoms with Gasteiger partial charge in [-0.1, -0.05) is 36.0 Å². The minimum absolute atomic E-state index is 0.447. The lowest BCUT2D eigenvalue weighted by molar-refractivity contribution is 0.623. The van der Waals surface area contributed by atoms with E-state index in [9.17, 15) is 0 Å². The maximum absolute atomic E-state index is 6.11. The molecule has 0 saturated heterocycles. The summed E-state index contributed by atoms with van der Waals surface area (Å²) in [7, 11) is 0. The molecule has 1 saturated carbocycles. The lowest BCUT2D eigenvalue weighted by Crippen LogP contribution is -2.09. The minimum Gasteiger partial charge on any atom is -0.307 e. The number of hydrazine groups is 1. The molecule has 2 rings (SSSR count). The molecule has 0 bridgehead atoms. The number of anilines is 1. The van der Waals surface area contributed by atoms with Crippen LogP contribution in [0, 0.1) is 5.92 Å². The molecule has 1 aliphatic carbocycles. The number of nitrogens with one attached hydrogen (secondary N) is 1. The van der Waals surface area contributed by atoms with Crippen LogP contribution >= 0.6 is 35.0 Å². The Labute approximate surface area is 115 Å². The van der Waals surface area contributed by atoms with E-state index in [-0.39, 0.29) is 0 Å². The fourth-order valence-corrected chi connectivity index (χ4v) is 3.68. The van der Waals surface area contributed by atoms with E-state index in [1.54, 1.807) is 17.8 Å². The fraction of sp³-hybridized carbons (Fsp3) is 0.545. The molecule has 0 aromatic carbocycles. The lowest BCUT2D eigenvalue weighted by atomic mass is 10.1. The van der Waals surface area contributed by atoms with Gasteiger partial charge in [-0.15, -0.1) is 11.8 Å². The highest BCUT2D eigenvalue weighted by atomic mass is 35.5. The Morgan fingerprint density at radius 1 is 1.35 bits per heavy atom. The zero-order chi connectivity index (χ0) is 12.3. The number of thioether (sulfide) groups is 1. The van der Waals surface area contributed by atoms with Gasteiger partial charge in [0.15, 0.2) is 5.82 Å². The molecule has 0 radical (unpaired) electrons. The second-order valence-corrected chi connectivity index (χ2v) is 6.03. The summed E-state index contributed by atoms with van der Waals surface area (Å²) >= 11 is 13.7. The van der Waals surface area contributed by atoms with Crippen molar-refractivity contribution in [2.75, 3.05) is 11.2 Å². The first-order chi connectivity index (χ1) is 8.20. The van der Waals surface area contributed by atoms with Crippen LogP contribution in [0.4, 0.5) is 5.82 Å². The molecule has 3 nitrogen and oxygen atoms in total. The molecule has 6 heteroatoms. The monoisotopic (exact) mass is 291 g/mol. The molecular formula is C11H15Cl2N3S. The molecule has 1 aromatic rings. The van der Waals surface area contributed by atoms with Gasteiger partial charge < -0.3 is 5.43 Å². The Bertz CT molecular complexity index is 395. The normalized spacial score (nSPS) is 16.4. The third-order valence-electron chi connectivity index (χ3n) is 2.96. The number of nitrogen functional groups attached to an aromatic ring is 1. The molecule has 3 N–H and O–H groups in total. The van der Waals surface area contributed by atoms with E-state index in [2.05, 4.69) is 10.4 Å². The number of pyridine rings is 1. The Hall–Kier alpha value is -0.160. The lowest BCUT2D eigenvalue weighted by Gasteiger charge is -2.10. The first kappa shape index (κ1) is 13.3. The van der Waals surface area contributed by atoms with E-state index in [1.165, 1.54) is 25.7 Å². The molecule has 0 unspecified atom stereocenters. The SMILES string of the molecule is NNc1nc(SCC2CCCC2)c(Cl)cc1Cl. The van der Waals surface area contributed by atoms with Crippen LogP contribution < -0.4 is 11.3 Å². The van der Waals surface area contributed by atoms with E-state index in [1.807, 2.05) is 0 Å². The number of hydrogen-bond acceptors (Lipinski definition) is 4. The Kier molecular flexibility index (Phi) is 4.79. The molecular weight excluding hydrogens is 277 g/mol. The van der Waals surface area contributed by atoms with Gasteiger partial charge >= 0.3 is 0 Å². The van der Waals surface area contributed by atoms with Gasteiger partial charge in [0.05, 0.1) is 10.0 Å². The molecule has 0 atom stereocenters. The number of hydrogen-bond donors (Lipinski definition) is 2. The summed E-state index contributed by atoms with van der Waals surface area (Å²) in [5, 5.41) is 1.84. The number of rotatable bonds is 4. The maximum atomic E-state index is 6.11. The minimum atomic E-state index is 0.447. The number of halogens is 2. The Morgan fingerprint density at radius 2 is 2.06 bits per heavy atom. The van der Waals surface area contributed by atoms with Crippen LogP contribution in [0.15, 0.2) is 11.1 Å².